The highest BCUT2D eigenvalue weighted by atomic mass is 35.5. The van der Waals surface area contributed by atoms with E-state index in [0.29, 0.717) is 41.6 Å². The summed E-state index contributed by atoms with van der Waals surface area (Å²) in [6.45, 7) is 0.847. The topological polar surface area (TPSA) is 57.4 Å². The molecule has 3 heterocycles. The molecule has 2 saturated carbocycles. The number of hydrogen-bond acceptors (Lipinski definition) is 5. The van der Waals surface area contributed by atoms with Crippen molar-refractivity contribution in [2.75, 3.05) is 18.0 Å². The zero-order chi connectivity index (χ0) is 30.7. The molecule has 43 heavy (non-hydrogen) atoms. The summed E-state index contributed by atoms with van der Waals surface area (Å²) < 4.78 is 110. The van der Waals surface area contributed by atoms with Crippen LogP contribution in [0, 0.1) is 17.0 Å². The maximum atomic E-state index is 14.7. The van der Waals surface area contributed by atoms with Crippen molar-refractivity contribution in [2.24, 2.45) is 5.41 Å². The molecular weight excluding hydrogens is 610 g/mol. The van der Waals surface area contributed by atoms with Crippen LogP contribution < -0.4 is 4.90 Å². The molecule has 0 amide bonds. The summed E-state index contributed by atoms with van der Waals surface area (Å²) in [6, 6.07) is 5.72. The molecule has 230 valence electrons. The van der Waals surface area contributed by atoms with Gasteiger partial charge in [0.05, 0.1) is 17.8 Å². The van der Waals surface area contributed by atoms with Crippen LogP contribution in [0.2, 0.25) is 5.02 Å². The van der Waals surface area contributed by atoms with Gasteiger partial charge in [0.2, 0.25) is 0 Å². The lowest BCUT2D eigenvalue weighted by molar-refractivity contribution is -0.300. The number of aliphatic hydroxyl groups is 1. The van der Waals surface area contributed by atoms with Crippen molar-refractivity contribution >= 4 is 17.3 Å². The van der Waals surface area contributed by atoms with Gasteiger partial charge in [-0.3, -0.25) is 9.47 Å². The molecule has 0 radical (unpaired) electrons. The second kappa shape index (κ2) is 9.27. The van der Waals surface area contributed by atoms with Crippen LogP contribution in [-0.2, 0) is 19.3 Å². The minimum Gasteiger partial charge on any atom is -0.380 e. The van der Waals surface area contributed by atoms with Gasteiger partial charge in [-0.15, -0.1) is 10.2 Å². The Morgan fingerprint density at radius 2 is 1.60 bits per heavy atom. The van der Waals surface area contributed by atoms with Gasteiger partial charge in [-0.25, -0.2) is 8.78 Å². The van der Waals surface area contributed by atoms with Gasteiger partial charge in [0.25, 0.3) is 0 Å². The molecule has 7 rings (SSSR count). The second-order valence-electron chi connectivity index (χ2n) is 12.3. The summed E-state index contributed by atoms with van der Waals surface area (Å²) in [7, 11) is 0. The van der Waals surface area contributed by atoms with Crippen LogP contribution in [0.4, 0.5) is 40.8 Å². The van der Waals surface area contributed by atoms with Crippen LogP contribution in [0.3, 0.4) is 0 Å². The van der Waals surface area contributed by atoms with Crippen molar-refractivity contribution in [3.63, 3.8) is 0 Å². The number of anilines is 1. The Morgan fingerprint density at radius 1 is 0.907 bits per heavy atom. The van der Waals surface area contributed by atoms with Crippen molar-refractivity contribution in [1.29, 1.82) is 0 Å². The van der Waals surface area contributed by atoms with Crippen LogP contribution in [0.15, 0.2) is 30.3 Å². The van der Waals surface area contributed by atoms with Crippen molar-refractivity contribution in [1.82, 2.24) is 19.7 Å². The molecule has 0 bridgehead atoms. The fourth-order valence-corrected chi connectivity index (χ4v) is 7.37. The lowest BCUT2D eigenvalue weighted by Gasteiger charge is -2.59. The molecule has 1 aromatic heterocycles. The number of nitrogens with zero attached hydrogens (tertiary/aromatic N) is 5. The summed E-state index contributed by atoms with van der Waals surface area (Å²) in [5.41, 5.74) is -3.78. The quantitative estimate of drug-likeness (QED) is 0.340. The van der Waals surface area contributed by atoms with Gasteiger partial charge in [-0.1, -0.05) is 11.6 Å². The molecule has 1 N–H and O–H groups in total. The Labute approximate surface area is 244 Å². The third-order valence-corrected chi connectivity index (χ3v) is 9.65. The lowest BCUT2D eigenvalue weighted by Crippen LogP contribution is -2.62. The molecule has 2 aliphatic carbocycles. The highest BCUT2D eigenvalue weighted by Crippen LogP contribution is 2.58. The summed E-state index contributed by atoms with van der Waals surface area (Å²) in [5, 5.41) is 19.3. The van der Waals surface area contributed by atoms with Gasteiger partial charge < -0.3 is 10.0 Å². The zero-order valence-corrected chi connectivity index (χ0v) is 23.0. The van der Waals surface area contributed by atoms with Crippen molar-refractivity contribution in [2.45, 2.75) is 68.7 Å². The number of benzene rings is 2. The highest BCUT2D eigenvalue weighted by molar-refractivity contribution is 6.30. The standard InChI is InChI=1S/C28H24ClF8N5O/c29-16-1-4-20-14(5-16)10-40(17-8-26(43,9-17)28(35,36)37)11-21-38-39-24(42(20)21)15-6-25(7-15)12-41(13-25)23-19(30)3-2-18(22(23)31)27(32,33)34/h1-5,15,17,43H,6-13H2. The number of halogens is 9. The second-order valence-corrected chi connectivity index (χ2v) is 12.7. The fraction of sp³-hybridized carbons (Fsp3) is 0.500. The molecule has 2 aliphatic heterocycles. The van der Waals surface area contributed by atoms with E-state index in [1.807, 2.05) is 9.47 Å². The third kappa shape index (κ3) is 4.50. The van der Waals surface area contributed by atoms with Gasteiger partial charge in [0.15, 0.2) is 17.2 Å². The van der Waals surface area contributed by atoms with E-state index in [1.54, 1.807) is 18.2 Å². The average molecular weight is 634 g/mol. The predicted molar refractivity (Wildman–Crippen MR) is 138 cm³/mol. The molecular formula is C28H24ClF8N5O. The summed E-state index contributed by atoms with van der Waals surface area (Å²) in [4.78, 5) is 3.12. The van der Waals surface area contributed by atoms with Gasteiger partial charge in [-0.2, -0.15) is 26.3 Å². The van der Waals surface area contributed by atoms with E-state index in [4.69, 9.17) is 11.6 Å². The highest BCUT2D eigenvalue weighted by Gasteiger charge is 2.62. The monoisotopic (exact) mass is 633 g/mol. The van der Waals surface area contributed by atoms with Crippen molar-refractivity contribution in [3.05, 3.63) is 69.8 Å². The van der Waals surface area contributed by atoms with E-state index in [9.17, 15) is 40.2 Å². The van der Waals surface area contributed by atoms with E-state index in [2.05, 4.69) is 10.2 Å². The summed E-state index contributed by atoms with van der Waals surface area (Å²) >= 11 is 6.27. The Bertz CT molecular complexity index is 1600. The molecule has 3 fully saturated rings. The molecule has 4 aliphatic rings. The van der Waals surface area contributed by atoms with E-state index < -0.39 is 59.7 Å². The fourth-order valence-electron chi connectivity index (χ4n) is 7.18. The first-order chi connectivity index (χ1) is 20.1. The van der Waals surface area contributed by atoms with Gasteiger partial charge in [0, 0.05) is 54.9 Å². The zero-order valence-electron chi connectivity index (χ0n) is 22.3. The van der Waals surface area contributed by atoms with Crippen molar-refractivity contribution in [3.8, 4) is 5.69 Å². The van der Waals surface area contributed by atoms with Gasteiger partial charge >= 0.3 is 12.4 Å². The predicted octanol–water partition coefficient (Wildman–Crippen LogP) is 6.37. The van der Waals surface area contributed by atoms with E-state index in [-0.39, 0.29) is 37.5 Å². The lowest BCUT2D eigenvalue weighted by atomic mass is 9.57. The molecule has 0 unspecified atom stereocenters. The summed E-state index contributed by atoms with van der Waals surface area (Å²) in [6.07, 6.45) is -9.45. The van der Waals surface area contributed by atoms with Crippen LogP contribution in [0.1, 0.15) is 54.4 Å². The van der Waals surface area contributed by atoms with Crippen LogP contribution >= 0.6 is 11.6 Å². The Kier molecular flexibility index (Phi) is 6.21. The summed E-state index contributed by atoms with van der Waals surface area (Å²) in [5.74, 6) is -1.64. The average Bonchev–Trinajstić information content (AvgIpc) is 3.15. The Hall–Kier alpha value is -2.97. The van der Waals surface area contributed by atoms with Crippen LogP contribution in [-0.4, -0.2) is 55.7 Å². The maximum Gasteiger partial charge on any atom is 0.419 e. The van der Waals surface area contributed by atoms with E-state index in [0.717, 1.165) is 11.3 Å². The Balaban J connectivity index is 1.11. The van der Waals surface area contributed by atoms with Crippen LogP contribution in [0.25, 0.3) is 5.69 Å². The maximum absolute atomic E-state index is 14.7. The first-order valence-corrected chi connectivity index (χ1v) is 14.0. The van der Waals surface area contributed by atoms with Crippen molar-refractivity contribution < 1.29 is 40.2 Å². The first-order valence-electron chi connectivity index (χ1n) is 13.6. The van der Waals surface area contributed by atoms with Gasteiger partial charge in [-0.05, 0) is 48.7 Å². The molecule has 15 heteroatoms. The SMILES string of the molecule is OC1(C(F)(F)F)CC(N2Cc3cc(Cl)ccc3-n3c(nnc3C3CC4(C3)CN(c3c(F)ccc(C(F)(F)F)c3F)C4)C2)C1. The largest absolute Gasteiger partial charge is 0.419 e. The van der Waals surface area contributed by atoms with Crippen LogP contribution in [0.5, 0.6) is 0 Å². The van der Waals surface area contributed by atoms with E-state index >= 15 is 0 Å². The number of fused-ring (bicyclic) bond motifs is 3. The number of rotatable bonds is 3. The molecule has 1 spiro atoms. The first kappa shape index (κ1) is 28.8. The molecule has 1 saturated heterocycles. The van der Waals surface area contributed by atoms with Gasteiger partial charge in [0.1, 0.15) is 17.3 Å². The molecule has 6 nitrogen and oxygen atoms in total. The minimum atomic E-state index is -4.95. The molecule has 0 atom stereocenters. The number of aromatic nitrogens is 3. The number of alkyl halides is 6. The third-order valence-electron chi connectivity index (χ3n) is 9.41. The smallest absolute Gasteiger partial charge is 0.380 e. The molecule has 3 aromatic rings. The Morgan fingerprint density at radius 3 is 2.26 bits per heavy atom. The normalized spacial score (nSPS) is 25.4. The minimum absolute atomic E-state index is 0.103. The molecule has 2 aromatic carbocycles. The number of hydrogen-bond donors (Lipinski definition) is 1. The van der Waals surface area contributed by atoms with E-state index in [1.165, 1.54) is 4.90 Å².